The van der Waals surface area contributed by atoms with Crippen LogP contribution >= 0.6 is 12.2 Å². The fourth-order valence-corrected chi connectivity index (χ4v) is 5.77. The average molecular weight is 540 g/mol. The highest BCUT2D eigenvalue weighted by molar-refractivity contribution is 7.80. The number of carbonyl (C=O) groups excluding carboxylic acids is 1. The molecule has 0 radical (unpaired) electrons. The Labute approximate surface area is 234 Å². The molecule has 2 atom stereocenters. The van der Waals surface area contributed by atoms with Gasteiger partial charge in [0.05, 0.1) is 30.6 Å². The van der Waals surface area contributed by atoms with E-state index in [1.807, 2.05) is 42.5 Å². The summed E-state index contributed by atoms with van der Waals surface area (Å²) in [5, 5.41) is 7.09. The van der Waals surface area contributed by atoms with Gasteiger partial charge in [0.15, 0.2) is 5.11 Å². The van der Waals surface area contributed by atoms with Crippen molar-refractivity contribution in [3.8, 4) is 11.4 Å². The van der Waals surface area contributed by atoms with Crippen LogP contribution in [-0.4, -0.2) is 39.1 Å². The number of carbonyl (C=O) groups is 1. The van der Waals surface area contributed by atoms with Crippen molar-refractivity contribution in [1.29, 1.82) is 0 Å². The van der Waals surface area contributed by atoms with Crippen LogP contribution in [0.2, 0.25) is 0 Å². The first-order valence-corrected chi connectivity index (χ1v) is 13.5. The maximum Gasteiger partial charge on any atom is 0.226 e. The minimum absolute atomic E-state index is 0.104. The number of methoxy groups -OCH3 is 1. The zero-order chi connectivity index (χ0) is 27.5. The highest BCUT2D eigenvalue weighted by Crippen LogP contribution is 2.41. The van der Waals surface area contributed by atoms with Crippen LogP contribution in [0.3, 0.4) is 0 Å². The Morgan fingerprint density at radius 2 is 1.79 bits per heavy atom. The summed E-state index contributed by atoms with van der Waals surface area (Å²) >= 11 is 5.84. The molecule has 2 aromatic carbocycles. The molecule has 0 spiro atoms. The van der Waals surface area contributed by atoms with Crippen LogP contribution in [0.4, 0.5) is 5.69 Å². The normalized spacial score (nSPS) is 16.7. The zero-order valence-electron chi connectivity index (χ0n) is 22.6. The molecule has 1 aliphatic heterocycles. The second-order valence-corrected chi connectivity index (χ2v) is 10.2. The Hall–Kier alpha value is -4.17. The second kappa shape index (κ2) is 11.3. The number of pyridine rings is 1. The first-order valence-electron chi connectivity index (χ1n) is 13.0. The van der Waals surface area contributed by atoms with Gasteiger partial charge in [0, 0.05) is 36.2 Å². The molecule has 39 heavy (non-hydrogen) atoms. The number of benzene rings is 2. The molecule has 1 amide bonds. The zero-order valence-corrected chi connectivity index (χ0v) is 23.5. The molecule has 8 heteroatoms. The van der Waals surface area contributed by atoms with Crippen molar-refractivity contribution in [3.05, 3.63) is 107 Å². The third kappa shape index (κ3) is 5.25. The lowest BCUT2D eigenvalue weighted by Crippen LogP contribution is -2.33. The third-order valence-electron chi connectivity index (χ3n) is 7.30. The van der Waals surface area contributed by atoms with E-state index in [1.54, 1.807) is 13.3 Å². The molecule has 0 saturated carbocycles. The largest absolute Gasteiger partial charge is 0.495 e. The van der Waals surface area contributed by atoms with E-state index in [2.05, 4.69) is 76.2 Å². The Morgan fingerprint density at radius 3 is 2.54 bits per heavy atom. The summed E-state index contributed by atoms with van der Waals surface area (Å²) < 4.78 is 7.69. The van der Waals surface area contributed by atoms with Crippen LogP contribution in [0.5, 0.6) is 5.75 Å². The van der Waals surface area contributed by atoms with Crippen molar-refractivity contribution < 1.29 is 9.53 Å². The summed E-state index contributed by atoms with van der Waals surface area (Å²) in [7, 11) is 1.59. The first kappa shape index (κ1) is 26.4. The number of para-hydroxylation sites is 3. The van der Waals surface area contributed by atoms with Crippen LogP contribution in [0.1, 0.15) is 46.7 Å². The van der Waals surface area contributed by atoms with Crippen molar-refractivity contribution in [2.75, 3.05) is 19.0 Å². The number of nitrogens with one attached hydrogen (secondary N) is 2. The Balaban J connectivity index is 1.47. The van der Waals surface area contributed by atoms with Gasteiger partial charge in [0.25, 0.3) is 0 Å². The molecule has 4 aromatic rings. The van der Waals surface area contributed by atoms with Gasteiger partial charge in [-0.1, -0.05) is 36.4 Å². The van der Waals surface area contributed by atoms with Gasteiger partial charge in [-0.15, -0.1) is 0 Å². The van der Waals surface area contributed by atoms with E-state index in [9.17, 15) is 4.79 Å². The van der Waals surface area contributed by atoms with Gasteiger partial charge in [0.2, 0.25) is 5.91 Å². The monoisotopic (exact) mass is 539 g/mol. The van der Waals surface area contributed by atoms with E-state index in [4.69, 9.17) is 17.0 Å². The van der Waals surface area contributed by atoms with Crippen molar-refractivity contribution in [1.82, 2.24) is 19.8 Å². The topological polar surface area (TPSA) is 71.4 Å². The second-order valence-electron chi connectivity index (χ2n) is 9.77. The molecule has 1 aliphatic rings. The van der Waals surface area contributed by atoms with Crippen LogP contribution < -0.4 is 15.4 Å². The Kier molecular flexibility index (Phi) is 7.65. The molecule has 2 aromatic heterocycles. The number of ether oxygens (including phenoxy) is 1. The van der Waals surface area contributed by atoms with Crippen LogP contribution in [0.25, 0.3) is 5.69 Å². The summed E-state index contributed by atoms with van der Waals surface area (Å²) in [4.78, 5) is 19.8. The number of rotatable bonds is 8. The number of aryl methyl sites for hydroxylation is 2. The maximum atomic E-state index is 13.0. The Bertz CT molecular complexity index is 1500. The fourth-order valence-electron chi connectivity index (χ4n) is 5.44. The quantitative estimate of drug-likeness (QED) is 0.276. The number of aromatic nitrogens is 2. The van der Waals surface area contributed by atoms with Gasteiger partial charge in [-0.25, -0.2) is 0 Å². The molecule has 5 rings (SSSR count). The van der Waals surface area contributed by atoms with Crippen molar-refractivity contribution in [2.45, 2.75) is 39.3 Å². The summed E-state index contributed by atoms with van der Waals surface area (Å²) in [6, 6.07) is 23.7. The molecule has 0 unspecified atom stereocenters. The van der Waals surface area contributed by atoms with E-state index in [1.165, 1.54) is 5.56 Å². The SMILES string of the molecule is COc1ccccc1NC(=O)CCN1C(=S)N[C@H](c2ccccn2)[C@@H]1c1cc(C)n(-c2ccccc2C)c1C. The fraction of sp³-hybridized carbons (Fsp3) is 0.258. The van der Waals surface area contributed by atoms with Gasteiger partial charge in [-0.3, -0.25) is 9.78 Å². The van der Waals surface area contributed by atoms with Gasteiger partial charge in [0.1, 0.15) is 5.75 Å². The van der Waals surface area contributed by atoms with Gasteiger partial charge in [-0.2, -0.15) is 0 Å². The van der Waals surface area contributed by atoms with E-state index in [0.29, 0.717) is 23.1 Å². The third-order valence-corrected chi connectivity index (χ3v) is 7.66. The average Bonchev–Trinajstić information content (AvgIpc) is 3.42. The number of thiocarbonyl (C=S) groups is 1. The molecule has 3 heterocycles. The van der Waals surface area contributed by atoms with Gasteiger partial charge < -0.3 is 24.8 Å². The Morgan fingerprint density at radius 1 is 1.05 bits per heavy atom. The summed E-state index contributed by atoms with van der Waals surface area (Å²) in [5.41, 5.74) is 7.36. The number of amides is 1. The minimum atomic E-state index is -0.151. The maximum absolute atomic E-state index is 13.0. The van der Waals surface area contributed by atoms with Gasteiger partial charge >= 0.3 is 0 Å². The van der Waals surface area contributed by atoms with E-state index in [-0.39, 0.29) is 24.4 Å². The predicted octanol–water partition coefficient (Wildman–Crippen LogP) is 5.81. The summed E-state index contributed by atoms with van der Waals surface area (Å²) in [6.45, 7) is 6.86. The van der Waals surface area contributed by atoms with Crippen molar-refractivity contribution in [3.63, 3.8) is 0 Å². The lowest BCUT2D eigenvalue weighted by atomic mass is 9.96. The molecule has 0 aliphatic carbocycles. The molecule has 0 bridgehead atoms. The molecule has 1 saturated heterocycles. The highest BCUT2D eigenvalue weighted by Gasteiger charge is 2.41. The number of anilines is 1. The molecule has 1 fully saturated rings. The predicted molar refractivity (Wildman–Crippen MR) is 158 cm³/mol. The van der Waals surface area contributed by atoms with Gasteiger partial charge in [-0.05, 0) is 80.5 Å². The number of nitrogens with zero attached hydrogens (tertiary/aromatic N) is 3. The first-order chi connectivity index (χ1) is 18.9. The highest BCUT2D eigenvalue weighted by atomic mass is 32.1. The summed E-state index contributed by atoms with van der Waals surface area (Å²) in [5.74, 6) is 0.522. The van der Waals surface area contributed by atoms with E-state index in [0.717, 1.165) is 28.3 Å². The number of hydrogen-bond donors (Lipinski definition) is 2. The smallest absolute Gasteiger partial charge is 0.226 e. The standard InChI is InChI=1S/C31H33N5O2S/c1-20-11-5-7-14-26(20)36-21(2)19-23(22(36)3)30-29(25-13-9-10-17-32-25)34-31(39)35(30)18-16-28(37)33-24-12-6-8-15-27(24)38-4/h5-15,17,19,29-30H,16,18H2,1-4H3,(H,33,37)(H,34,39)/t29-,30+/m1/s1. The molecular weight excluding hydrogens is 506 g/mol. The lowest BCUT2D eigenvalue weighted by molar-refractivity contribution is -0.116. The van der Waals surface area contributed by atoms with Crippen LogP contribution in [-0.2, 0) is 4.79 Å². The summed E-state index contributed by atoms with van der Waals surface area (Å²) in [6.07, 6.45) is 2.07. The molecular formula is C31H33N5O2S. The molecule has 7 nitrogen and oxygen atoms in total. The van der Waals surface area contributed by atoms with Crippen molar-refractivity contribution in [2.24, 2.45) is 0 Å². The minimum Gasteiger partial charge on any atom is -0.495 e. The molecule has 200 valence electrons. The number of hydrogen-bond acceptors (Lipinski definition) is 4. The van der Waals surface area contributed by atoms with E-state index >= 15 is 0 Å². The van der Waals surface area contributed by atoms with E-state index < -0.39 is 0 Å². The lowest BCUT2D eigenvalue weighted by Gasteiger charge is -2.28. The van der Waals surface area contributed by atoms with Crippen LogP contribution in [0.15, 0.2) is 79.0 Å². The van der Waals surface area contributed by atoms with Crippen LogP contribution in [0, 0.1) is 20.8 Å². The van der Waals surface area contributed by atoms with Crippen molar-refractivity contribution >= 4 is 28.9 Å². The molecule has 2 N–H and O–H groups in total.